The van der Waals surface area contributed by atoms with E-state index in [1.54, 1.807) is 19.1 Å². The first-order chi connectivity index (χ1) is 9.58. The summed E-state index contributed by atoms with van der Waals surface area (Å²) < 4.78 is 5.30. The van der Waals surface area contributed by atoms with Gasteiger partial charge in [0.1, 0.15) is 11.3 Å². The molecule has 0 aliphatic rings. The smallest absolute Gasteiger partial charge is 0.331 e. The van der Waals surface area contributed by atoms with E-state index in [4.69, 9.17) is 10.5 Å². The van der Waals surface area contributed by atoms with Crippen LogP contribution in [0.2, 0.25) is 0 Å². The van der Waals surface area contributed by atoms with Gasteiger partial charge < -0.3 is 10.5 Å². The van der Waals surface area contributed by atoms with Crippen LogP contribution in [0.3, 0.4) is 0 Å². The van der Waals surface area contributed by atoms with E-state index < -0.39 is 11.5 Å². The molecule has 0 fully saturated rings. The first-order valence-corrected chi connectivity index (χ1v) is 6.68. The molecule has 0 aliphatic carbocycles. The van der Waals surface area contributed by atoms with Crippen LogP contribution in [0.1, 0.15) is 18.9 Å². The number of para-hydroxylation sites is 1. The molecule has 2 N–H and O–H groups in total. The molecule has 0 heterocycles. The highest BCUT2D eigenvalue weighted by molar-refractivity contribution is 5.82. The van der Waals surface area contributed by atoms with Gasteiger partial charge in [-0.25, -0.2) is 4.79 Å². The lowest BCUT2D eigenvalue weighted by molar-refractivity contribution is -0.140. The van der Waals surface area contributed by atoms with Gasteiger partial charge in [-0.1, -0.05) is 48.5 Å². The normalized spacial score (nSPS) is 13.5. The van der Waals surface area contributed by atoms with E-state index in [9.17, 15) is 4.79 Å². The molecule has 0 aliphatic heterocycles. The summed E-state index contributed by atoms with van der Waals surface area (Å²) in [5, 5.41) is 0. The molecule has 3 heteroatoms. The van der Waals surface area contributed by atoms with Gasteiger partial charge in [-0.05, 0) is 37.5 Å². The predicted molar refractivity (Wildman–Crippen MR) is 79.4 cm³/mol. The number of ether oxygens (including phenoxy) is 1. The number of esters is 1. The average molecular weight is 269 g/mol. The summed E-state index contributed by atoms with van der Waals surface area (Å²) in [6.45, 7) is 1.71. The number of carbonyl (C=O) groups is 1. The van der Waals surface area contributed by atoms with Crippen LogP contribution < -0.4 is 10.5 Å². The zero-order valence-electron chi connectivity index (χ0n) is 11.6. The summed E-state index contributed by atoms with van der Waals surface area (Å²) in [5.74, 6) is 0.119. The van der Waals surface area contributed by atoms with Gasteiger partial charge in [-0.2, -0.15) is 0 Å². The summed E-state index contributed by atoms with van der Waals surface area (Å²) in [6, 6.07) is 19.0. The number of aryl methyl sites for hydroxylation is 1. The fraction of sp³-hybridized carbons (Fsp3) is 0.235. The van der Waals surface area contributed by atoms with Crippen molar-refractivity contribution in [2.45, 2.75) is 25.3 Å². The first kappa shape index (κ1) is 14.3. The molecule has 0 saturated carbocycles. The third-order valence-corrected chi connectivity index (χ3v) is 3.20. The maximum atomic E-state index is 12.1. The van der Waals surface area contributed by atoms with E-state index in [1.807, 2.05) is 48.5 Å². The fourth-order valence-electron chi connectivity index (χ4n) is 1.86. The lowest BCUT2D eigenvalue weighted by Gasteiger charge is -2.22. The molecule has 104 valence electrons. The third kappa shape index (κ3) is 3.93. The minimum absolute atomic E-state index is 0.403. The van der Waals surface area contributed by atoms with Gasteiger partial charge in [0.15, 0.2) is 0 Å². The Morgan fingerprint density at radius 3 is 2.20 bits per heavy atom. The Kier molecular flexibility index (Phi) is 4.53. The van der Waals surface area contributed by atoms with Crippen LogP contribution in [0.25, 0.3) is 0 Å². The Morgan fingerprint density at radius 2 is 1.60 bits per heavy atom. The zero-order valence-corrected chi connectivity index (χ0v) is 11.6. The van der Waals surface area contributed by atoms with E-state index in [1.165, 1.54) is 0 Å². The third-order valence-electron chi connectivity index (χ3n) is 3.20. The van der Waals surface area contributed by atoms with Crippen LogP contribution in [-0.2, 0) is 11.2 Å². The van der Waals surface area contributed by atoms with E-state index in [0.717, 1.165) is 12.0 Å². The van der Waals surface area contributed by atoms with Crippen LogP contribution in [0.15, 0.2) is 60.7 Å². The summed E-state index contributed by atoms with van der Waals surface area (Å²) in [6.07, 6.45) is 1.29. The van der Waals surface area contributed by atoms with Crippen LogP contribution in [0.5, 0.6) is 5.75 Å². The van der Waals surface area contributed by atoms with Gasteiger partial charge in [0.25, 0.3) is 0 Å². The predicted octanol–water partition coefficient (Wildman–Crippen LogP) is 2.94. The van der Waals surface area contributed by atoms with Crippen molar-refractivity contribution in [2.24, 2.45) is 5.73 Å². The molecule has 0 aromatic heterocycles. The molecule has 0 amide bonds. The standard InChI is InChI=1S/C17H19NO2/c1-17(18,13-12-14-8-4-2-5-9-14)16(19)20-15-10-6-3-7-11-15/h2-11H,12-13,18H2,1H3. The molecule has 3 nitrogen and oxygen atoms in total. The summed E-state index contributed by atoms with van der Waals surface area (Å²) in [5.41, 5.74) is 6.25. The Hall–Kier alpha value is -2.13. The van der Waals surface area contributed by atoms with Crippen molar-refractivity contribution in [1.82, 2.24) is 0 Å². The molecule has 0 radical (unpaired) electrons. The molecular weight excluding hydrogens is 250 g/mol. The monoisotopic (exact) mass is 269 g/mol. The van der Waals surface area contributed by atoms with Gasteiger partial charge in [0.05, 0.1) is 0 Å². The number of hydrogen-bond donors (Lipinski definition) is 1. The van der Waals surface area contributed by atoms with Crippen molar-refractivity contribution in [3.05, 3.63) is 66.2 Å². The van der Waals surface area contributed by atoms with Crippen LogP contribution in [-0.4, -0.2) is 11.5 Å². The molecule has 0 bridgehead atoms. The lowest BCUT2D eigenvalue weighted by atomic mass is 9.94. The van der Waals surface area contributed by atoms with E-state index in [-0.39, 0.29) is 0 Å². The van der Waals surface area contributed by atoms with Crippen molar-refractivity contribution >= 4 is 5.97 Å². The quantitative estimate of drug-likeness (QED) is 0.670. The minimum Gasteiger partial charge on any atom is -0.425 e. The van der Waals surface area contributed by atoms with Crippen molar-refractivity contribution in [3.8, 4) is 5.75 Å². The summed E-state index contributed by atoms with van der Waals surface area (Å²) in [7, 11) is 0. The SMILES string of the molecule is CC(N)(CCc1ccccc1)C(=O)Oc1ccccc1. The summed E-state index contributed by atoms with van der Waals surface area (Å²) in [4.78, 5) is 12.1. The number of nitrogens with two attached hydrogens (primary N) is 1. The number of rotatable bonds is 5. The van der Waals surface area contributed by atoms with Gasteiger partial charge >= 0.3 is 5.97 Å². The van der Waals surface area contributed by atoms with Gasteiger partial charge in [-0.15, -0.1) is 0 Å². The van der Waals surface area contributed by atoms with E-state index in [0.29, 0.717) is 12.2 Å². The Balaban J connectivity index is 1.94. The van der Waals surface area contributed by atoms with E-state index in [2.05, 4.69) is 0 Å². The van der Waals surface area contributed by atoms with Crippen LogP contribution in [0, 0.1) is 0 Å². The maximum Gasteiger partial charge on any atom is 0.331 e. The Bertz CT molecular complexity index is 550. The largest absolute Gasteiger partial charge is 0.425 e. The molecule has 2 aromatic rings. The van der Waals surface area contributed by atoms with Crippen molar-refractivity contribution in [3.63, 3.8) is 0 Å². The average Bonchev–Trinajstić information content (AvgIpc) is 2.47. The van der Waals surface area contributed by atoms with Crippen molar-refractivity contribution in [1.29, 1.82) is 0 Å². The second-order valence-corrected chi connectivity index (χ2v) is 5.11. The Labute approximate surface area is 119 Å². The zero-order chi connectivity index (χ0) is 14.4. The molecule has 0 saturated heterocycles. The van der Waals surface area contributed by atoms with Crippen LogP contribution >= 0.6 is 0 Å². The highest BCUT2D eigenvalue weighted by Crippen LogP contribution is 2.16. The van der Waals surface area contributed by atoms with Gasteiger partial charge in [-0.3, -0.25) is 0 Å². The molecule has 20 heavy (non-hydrogen) atoms. The fourth-order valence-corrected chi connectivity index (χ4v) is 1.86. The molecule has 1 atom stereocenters. The van der Waals surface area contributed by atoms with Crippen molar-refractivity contribution < 1.29 is 9.53 Å². The molecule has 0 spiro atoms. The number of benzene rings is 2. The van der Waals surface area contributed by atoms with Crippen LogP contribution in [0.4, 0.5) is 0 Å². The van der Waals surface area contributed by atoms with Gasteiger partial charge in [0, 0.05) is 0 Å². The second-order valence-electron chi connectivity index (χ2n) is 5.11. The highest BCUT2D eigenvalue weighted by Gasteiger charge is 2.30. The van der Waals surface area contributed by atoms with Crippen molar-refractivity contribution in [2.75, 3.05) is 0 Å². The first-order valence-electron chi connectivity index (χ1n) is 6.68. The number of carbonyl (C=O) groups excluding carboxylic acids is 1. The molecular formula is C17H19NO2. The number of hydrogen-bond acceptors (Lipinski definition) is 3. The topological polar surface area (TPSA) is 52.3 Å². The molecule has 2 rings (SSSR count). The molecule has 2 aromatic carbocycles. The molecule has 1 unspecified atom stereocenters. The maximum absolute atomic E-state index is 12.1. The second kappa shape index (κ2) is 6.35. The highest BCUT2D eigenvalue weighted by atomic mass is 16.5. The Morgan fingerprint density at radius 1 is 1.05 bits per heavy atom. The minimum atomic E-state index is -0.994. The van der Waals surface area contributed by atoms with E-state index >= 15 is 0 Å². The lowest BCUT2D eigenvalue weighted by Crippen LogP contribution is -2.47. The van der Waals surface area contributed by atoms with Gasteiger partial charge in [0.2, 0.25) is 0 Å². The summed E-state index contributed by atoms with van der Waals surface area (Å²) >= 11 is 0.